The van der Waals surface area contributed by atoms with Gasteiger partial charge in [0.2, 0.25) is 0 Å². The third kappa shape index (κ3) is 4.52. The summed E-state index contributed by atoms with van der Waals surface area (Å²) in [6, 6.07) is 5.76. The molecule has 124 valence electrons. The molecule has 1 atom stereocenters. The molecule has 2 aromatic rings. The molecule has 2 amide bonds. The summed E-state index contributed by atoms with van der Waals surface area (Å²) in [4.78, 5) is 12.1. The Labute approximate surface area is 134 Å². The normalized spacial score (nSPS) is 12.7. The van der Waals surface area contributed by atoms with Crippen LogP contribution in [0.3, 0.4) is 0 Å². The fourth-order valence-electron chi connectivity index (χ4n) is 2.03. The average molecular weight is 337 g/mol. The minimum atomic E-state index is -3.21. The lowest BCUT2D eigenvalue weighted by Gasteiger charge is -2.14. The van der Waals surface area contributed by atoms with E-state index in [2.05, 4.69) is 20.8 Å². The Kier molecular flexibility index (Phi) is 4.99. The molecular weight excluding hydrogens is 318 g/mol. The van der Waals surface area contributed by atoms with Crippen LogP contribution >= 0.6 is 0 Å². The number of carbonyl (C=O) groups is 1. The van der Waals surface area contributed by atoms with Crippen molar-refractivity contribution in [2.45, 2.75) is 24.4 Å². The highest BCUT2D eigenvalue weighted by Crippen LogP contribution is 2.10. The maximum Gasteiger partial charge on any atom is 0.315 e. The second-order valence-electron chi connectivity index (χ2n) is 5.26. The molecule has 23 heavy (non-hydrogen) atoms. The van der Waals surface area contributed by atoms with E-state index < -0.39 is 9.84 Å². The second-order valence-corrected chi connectivity index (χ2v) is 7.28. The molecule has 0 bridgehead atoms. The maximum absolute atomic E-state index is 11.9. The lowest BCUT2D eigenvalue weighted by atomic mass is 10.2. The highest BCUT2D eigenvalue weighted by Gasteiger charge is 2.14. The number of urea groups is 1. The Balaban J connectivity index is 1.88. The van der Waals surface area contributed by atoms with Crippen molar-refractivity contribution in [1.82, 2.24) is 25.4 Å². The van der Waals surface area contributed by atoms with Crippen LogP contribution in [0, 0.1) is 0 Å². The molecule has 0 radical (unpaired) electrons. The van der Waals surface area contributed by atoms with Gasteiger partial charge in [0.15, 0.2) is 15.7 Å². The fraction of sp³-hybridized carbons (Fsp3) is 0.357. The van der Waals surface area contributed by atoms with Crippen LogP contribution in [0.25, 0.3) is 0 Å². The first-order valence-corrected chi connectivity index (χ1v) is 8.84. The molecule has 0 spiro atoms. The molecule has 0 aliphatic carbocycles. The van der Waals surface area contributed by atoms with Crippen molar-refractivity contribution < 1.29 is 13.2 Å². The Bertz CT molecular complexity index is 783. The van der Waals surface area contributed by atoms with Crippen LogP contribution in [-0.4, -0.2) is 35.5 Å². The number of aromatic nitrogens is 3. The summed E-state index contributed by atoms with van der Waals surface area (Å²) in [5.74, 6) is 0.651. The average Bonchev–Trinajstić information content (AvgIpc) is 2.91. The highest BCUT2D eigenvalue weighted by molar-refractivity contribution is 7.90. The molecule has 8 nitrogen and oxygen atoms in total. The topological polar surface area (TPSA) is 106 Å². The third-order valence-electron chi connectivity index (χ3n) is 3.29. The zero-order chi connectivity index (χ0) is 17.0. The van der Waals surface area contributed by atoms with E-state index in [0.717, 1.165) is 11.8 Å². The van der Waals surface area contributed by atoms with Crippen LogP contribution in [0.2, 0.25) is 0 Å². The molecule has 0 aliphatic heterocycles. The zero-order valence-electron chi connectivity index (χ0n) is 13.1. The van der Waals surface area contributed by atoms with Crippen molar-refractivity contribution in [2.24, 2.45) is 7.05 Å². The smallest absolute Gasteiger partial charge is 0.315 e. The van der Waals surface area contributed by atoms with Crippen molar-refractivity contribution in [3.8, 4) is 0 Å². The number of rotatable bonds is 5. The van der Waals surface area contributed by atoms with E-state index in [1.807, 2.05) is 6.92 Å². The predicted molar refractivity (Wildman–Crippen MR) is 84.3 cm³/mol. The number of aryl methyl sites for hydroxylation is 1. The van der Waals surface area contributed by atoms with Gasteiger partial charge in [-0.25, -0.2) is 13.2 Å². The number of amides is 2. The van der Waals surface area contributed by atoms with Crippen molar-refractivity contribution in [3.63, 3.8) is 0 Å². The lowest BCUT2D eigenvalue weighted by molar-refractivity contribution is 0.237. The summed E-state index contributed by atoms with van der Waals surface area (Å²) in [6.45, 7) is 2.10. The lowest BCUT2D eigenvalue weighted by Crippen LogP contribution is -2.37. The van der Waals surface area contributed by atoms with Crippen LogP contribution in [0.1, 0.15) is 24.4 Å². The monoisotopic (exact) mass is 337 g/mol. The van der Waals surface area contributed by atoms with Crippen molar-refractivity contribution >= 4 is 15.9 Å². The quantitative estimate of drug-likeness (QED) is 0.838. The van der Waals surface area contributed by atoms with Gasteiger partial charge in [0.1, 0.15) is 6.33 Å². The van der Waals surface area contributed by atoms with Crippen LogP contribution in [0.15, 0.2) is 35.5 Å². The summed E-state index contributed by atoms with van der Waals surface area (Å²) in [6.07, 6.45) is 2.72. The number of carbonyl (C=O) groups excluding carboxylic acids is 1. The maximum atomic E-state index is 11.9. The first-order chi connectivity index (χ1) is 10.8. The van der Waals surface area contributed by atoms with E-state index in [0.29, 0.717) is 12.4 Å². The predicted octanol–water partition coefficient (Wildman–Crippen LogP) is 0.779. The molecule has 0 aliphatic rings. The van der Waals surface area contributed by atoms with Gasteiger partial charge in [-0.05, 0) is 24.6 Å². The van der Waals surface area contributed by atoms with Gasteiger partial charge in [-0.15, -0.1) is 10.2 Å². The Hall–Kier alpha value is -2.42. The minimum Gasteiger partial charge on any atom is -0.334 e. The number of nitrogens with zero attached hydrogens (tertiary/aromatic N) is 3. The summed E-state index contributed by atoms with van der Waals surface area (Å²) in [7, 11) is -1.41. The summed E-state index contributed by atoms with van der Waals surface area (Å²) in [5, 5.41) is 13.2. The van der Waals surface area contributed by atoms with Gasteiger partial charge in [-0.1, -0.05) is 12.1 Å². The number of nitrogens with one attached hydrogen (secondary N) is 2. The van der Waals surface area contributed by atoms with Gasteiger partial charge in [0.25, 0.3) is 0 Å². The molecule has 1 aromatic heterocycles. The van der Waals surface area contributed by atoms with Gasteiger partial charge in [0.05, 0.1) is 10.9 Å². The third-order valence-corrected chi connectivity index (χ3v) is 4.41. The van der Waals surface area contributed by atoms with E-state index in [1.54, 1.807) is 30.1 Å². The first kappa shape index (κ1) is 16.9. The van der Waals surface area contributed by atoms with Gasteiger partial charge in [-0.3, -0.25) is 0 Å². The summed E-state index contributed by atoms with van der Waals surface area (Å²) in [5.41, 5.74) is 0.805. The molecule has 1 unspecified atom stereocenters. The number of hydrogen-bond acceptors (Lipinski definition) is 5. The zero-order valence-corrected chi connectivity index (χ0v) is 14.0. The SMILES string of the molecule is CC(NC(=O)NCc1ccc(S(C)(=O)=O)cc1)c1nncn1C. The van der Waals surface area contributed by atoms with Gasteiger partial charge in [-0.2, -0.15) is 0 Å². The Morgan fingerprint density at radius 3 is 2.48 bits per heavy atom. The molecule has 2 N–H and O–H groups in total. The molecular formula is C14H19N5O3S. The molecule has 2 rings (SSSR count). The van der Waals surface area contributed by atoms with Crippen molar-refractivity contribution in [2.75, 3.05) is 6.26 Å². The minimum absolute atomic E-state index is 0.251. The highest BCUT2D eigenvalue weighted by atomic mass is 32.2. The Morgan fingerprint density at radius 2 is 1.96 bits per heavy atom. The summed E-state index contributed by atoms with van der Waals surface area (Å²) >= 11 is 0. The van der Waals surface area contributed by atoms with E-state index in [-0.39, 0.29) is 17.0 Å². The molecule has 9 heteroatoms. The van der Waals surface area contributed by atoms with E-state index >= 15 is 0 Å². The molecule has 0 fully saturated rings. The number of benzene rings is 1. The van der Waals surface area contributed by atoms with Crippen LogP contribution < -0.4 is 10.6 Å². The van der Waals surface area contributed by atoms with Crippen LogP contribution in [-0.2, 0) is 23.4 Å². The molecule has 0 saturated heterocycles. The molecule has 1 heterocycles. The largest absolute Gasteiger partial charge is 0.334 e. The summed E-state index contributed by atoms with van der Waals surface area (Å²) < 4.78 is 24.5. The van der Waals surface area contributed by atoms with E-state index in [4.69, 9.17) is 0 Å². The fourth-order valence-corrected chi connectivity index (χ4v) is 2.66. The van der Waals surface area contributed by atoms with Crippen LogP contribution in [0.5, 0.6) is 0 Å². The van der Waals surface area contributed by atoms with Gasteiger partial charge >= 0.3 is 6.03 Å². The standard InChI is InChI=1S/C14H19N5O3S/c1-10(13-18-16-9-19(13)2)17-14(20)15-8-11-4-6-12(7-5-11)23(3,21)22/h4-7,9-10H,8H2,1-3H3,(H2,15,17,20). The number of sulfone groups is 1. The van der Waals surface area contributed by atoms with Crippen molar-refractivity contribution in [1.29, 1.82) is 0 Å². The van der Waals surface area contributed by atoms with E-state index in [9.17, 15) is 13.2 Å². The Morgan fingerprint density at radius 1 is 1.30 bits per heavy atom. The number of hydrogen-bond donors (Lipinski definition) is 2. The molecule has 1 aromatic carbocycles. The van der Waals surface area contributed by atoms with E-state index in [1.165, 1.54) is 12.1 Å². The molecule has 0 saturated carbocycles. The van der Waals surface area contributed by atoms with Gasteiger partial charge in [0, 0.05) is 19.8 Å². The van der Waals surface area contributed by atoms with Crippen LogP contribution in [0.4, 0.5) is 4.79 Å². The first-order valence-electron chi connectivity index (χ1n) is 6.94. The van der Waals surface area contributed by atoms with Gasteiger partial charge < -0.3 is 15.2 Å². The second kappa shape index (κ2) is 6.78. The van der Waals surface area contributed by atoms with Crippen molar-refractivity contribution in [3.05, 3.63) is 42.0 Å².